The molecule has 3 rings (SSSR count). The van der Waals surface area contributed by atoms with E-state index in [9.17, 15) is 0 Å². The Bertz CT molecular complexity index is 607. The van der Waals surface area contributed by atoms with Crippen LogP contribution in [0.25, 0.3) is 10.4 Å². The van der Waals surface area contributed by atoms with E-state index in [4.69, 9.17) is 11.0 Å². The Hall–Kier alpha value is -1.63. The van der Waals surface area contributed by atoms with Gasteiger partial charge in [0.2, 0.25) is 0 Å². The fourth-order valence-electron chi connectivity index (χ4n) is 2.46. The maximum atomic E-state index is 8.87. The first-order chi connectivity index (χ1) is 8.29. The molecule has 2 nitrogen and oxygen atoms in total. The summed E-state index contributed by atoms with van der Waals surface area (Å²) >= 11 is 1.55. The van der Waals surface area contributed by atoms with Gasteiger partial charge in [0.25, 0.3) is 0 Å². The van der Waals surface area contributed by atoms with Gasteiger partial charge in [0.05, 0.1) is 0 Å². The van der Waals surface area contributed by atoms with E-state index < -0.39 is 0 Å². The van der Waals surface area contributed by atoms with Gasteiger partial charge in [0.1, 0.15) is 10.9 Å². The van der Waals surface area contributed by atoms with Gasteiger partial charge < -0.3 is 5.73 Å². The van der Waals surface area contributed by atoms with Crippen LogP contribution in [0.5, 0.6) is 0 Å². The molecule has 0 saturated heterocycles. The predicted molar refractivity (Wildman–Crippen MR) is 69.7 cm³/mol. The summed E-state index contributed by atoms with van der Waals surface area (Å²) in [4.78, 5) is 1.94. The van der Waals surface area contributed by atoms with E-state index in [-0.39, 0.29) is 6.04 Å². The van der Waals surface area contributed by atoms with Crippen LogP contribution < -0.4 is 5.73 Å². The number of nitrogens with two attached hydrogens (primary N) is 1. The molecule has 0 spiro atoms. The smallest absolute Gasteiger partial charge is 0.110 e. The lowest BCUT2D eigenvalue weighted by Crippen LogP contribution is -2.04. The lowest BCUT2D eigenvalue weighted by atomic mass is 10.0. The SMILES string of the molecule is N#Cc1ccc(-c2cccc3c2CCC3N)s1. The van der Waals surface area contributed by atoms with Crippen molar-refractivity contribution in [3.05, 3.63) is 46.3 Å². The first kappa shape index (κ1) is 10.5. The Morgan fingerprint density at radius 2 is 2.18 bits per heavy atom. The van der Waals surface area contributed by atoms with Crippen molar-refractivity contribution < 1.29 is 0 Å². The molecule has 0 saturated carbocycles. The molecule has 2 aromatic rings. The van der Waals surface area contributed by atoms with Gasteiger partial charge in [0, 0.05) is 10.9 Å². The standard InChI is InChI=1S/C14H12N2S/c15-8-9-4-7-14(17-9)12-3-1-2-11-10(12)5-6-13(11)16/h1-4,7,13H,5-6,16H2. The van der Waals surface area contributed by atoms with E-state index in [0.29, 0.717) is 0 Å². The maximum Gasteiger partial charge on any atom is 0.110 e. The molecule has 3 heteroatoms. The van der Waals surface area contributed by atoms with E-state index in [1.165, 1.54) is 21.6 Å². The second kappa shape index (κ2) is 3.99. The van der Waals surface area contributed by atoms with Crippen molar-refractivity contribution >= 4 is 11.3 Å². The van der Waals surface area contributed by atoms with Crippen LogP contribution in [0.4, 0.5) is 0 Å². The minimum Gasteiger partial charge on any atom is -0.324 e. The first-order valence-corrected chi connectivity index (χ1v) is 6.49. The van der Waals surface area contributed by atoms with Gasteiger partial charge in [0.15, 0.2) is 0 Å². The summed E-state index contributed by atoms with van der Waals surface area (Å²) in [6.45, 7) is 0. The van der Waals surface area contributed by atoms with Crippen LogP contribution >= 0.6 is 11.3 Å². The molecule has 0 fully saturated rings. The highest BCUT2D eigenvalue weighted by molar-refractivity contribution is 7.16. The van der Waals surface area contributed by atoms with Crippen LogP contribution in [0.2, 0.25) is 0 Å². The maximum absolute atomic E-state index is 8.87. The number of benzene rings is 1. The van der Waals surface area contributed by atoms with Crippen LogP contribution in [-0.2, 0) is 6.42 Å². The number of rotatable bonds is 1. The summed E-state index contributed by atoms with van der Waals surface area (Å²) in [5, 5.41) is 8.87. The third-order valence-corrected chi connectivity index (χ3v) is 4.32. The highest BCUT2D eigenvalue weighted by Gasteiger charge is 2.22. The summed E-state index contributed by atoms with van der Waals surface area (Å²) in [6.07, 6.45) is 2.08. The molecular weight excluding hydrogens is 228 g/mol. The van der Waals surface area contributed by atoms with Gasteiger partial charge in [-0.05, 0) is 41.7 Å². The Kier molecular flexibility index (Phi) is 2.47. The van der Waals surface area contributed by atoms with Gasteiger partial charge in [-0.1, -0.05) is 18.2 Å². The van der Waals surface area contributed by atoms with Crippen molar-refractivity contribution in [1.82, 2.24) is 0 Å². The molecule has 0 bridgehead atoms. The summed E-state index contributed by atoms with van der Waals surface area (Å²) in [7, 11) is 0. The second-order valence-electron chi connectivity index (χ2n) is 4.29. The van der Waals surface area contributed by atoms with Crippen molar-refractivity contribution in [2.75, 3.05) is 0 Å². The zero-order chi connectivity index (χ0) is 11.8. The van der Waals surface area contributed by atoms with Crippen LogP contribution in [0, 0.1) is 11.3 Å². The number of fused-ring (bicyclic) bond motifs is 1. The number of hydrogen-bond donors (Lipinski definition) is 1. The molecule has 0 amide bonds. The zero-order valence-corrected chi connectivity index (χ0v) is 10.1. The molecule has 1 aromatic heterocycles. The van der Waals surface area contributed by atoms with Crippen molar-refractivity contribution in [2.45, 2.75) is 18.9 Å². The highest BCUT2D eigenvalue weighted by Crippen LogP contribution is 2.38. The lowest BCUT2D eigenvalue weighted by molar-refractivity contribution is 0.713. The van der Waals surface area contributed by atoms with Crippen molar-refractivity contribution in [3.8, 4) is 16.5 Å². The monoisotopic (exact) mass is 240 g/mol. The predicted octanol–water partition coefficient (Wildman–Crippen LogP) is 3.23. The Labute approximate surface area is 104 Å². The summed E-state index contributed by atoms with van der Waals surface area (Å²) < 4.78 is 0. The molecule has 1 unspecified atom stereocenters. The molecule has 1 aromatic carbocycles. The number of nitrogens with zero attached hydrogens (tertiary/aromatic N) is 1. The molecule has 0 radical (unpaired) electrons. The Morgan fingerprint density at radius 3 is 2.94 bits per heavy atom. The molecule has 1 heterocycles. The van der Waals surface area contributed by atoms with E-state index in [0.717, 1.165) is 17.7 Å². The fraction of sp³-hybridized carbons (Fsp3) is 0.214. The molecule has 17 heavy (non-hydrogen) atoms. The topological polar surface area (TPSA) is 49.8 Å². The van der Waals surface area contributed by atoms with E-state index >= 15 is 0 Å². The van der Waals surface area contributed by atoms with E-state index in [1.54, 1.807) is 11.3 Å². The molecule has 1 atom stereocenters. The van der Waals surface area contributed by atoms with Crippen LogP contribution in [-0.4, -0.2) is 0 Å². The normalized spacial score (nSPS) is 17.8. The summed E-state index contributed by atoms with van der Waals surface area (Å²) in [5.74, 6) is 0. The largest absolute Gasteiger partial charge is 0.324 e. The molecule has 84 valence electrons. The first-order valence-electron chi connectivity index (χ1n) is 5.67. The molecule has 1 aliphatic carbocycles. The van der Waals surface area contributed by atoms with Crippen LogP contribution in [0.1, 0.15) is 28.5 Å². The molecule has 2 N–H and O–H groups in total. The lowest BCUT2D eigenvalue weighted by Gasteiger charge is -2.07. The number of hydrogen-bond acceptors (Lipinski definition) is 3. The Balaban J connectivity index is 2.13. The van der Waals surface area contributed by atoms with Gasteiger partial charge in [-0.3, -0.25) is 0 Å². The minimum absolute atomic E-state index is 0.181. The molecule has 0 aliphatic heterocycles. The van der Waals surface area contributed by atoms with Crippen molar-refractivity contribution in [3.63, 3.8) is 0 Å². The number of nitriles is 1. The van der Waals surface area contributed by atoms with Crippen LogP contribution in [0.3, 0.4) is 0 Å². The number of thiophene rings is 1. The van der Waals surface area contributed by atoms with Crippen LogP contribution in [0.15, 0.2) is 30.3 Å². The van der Waals surface area contributed by atoms with E-state index in [2.05, 4.69) is 24.3 Å². The van der Waals surface area contributed by atoms with Crippen molar-refractivity contribution in [1.29, 1.82) is 5.26 Å². The average molecular weight is 240 g/mol. The molecular formula is C14H12N2S. The zero-order valence-electron chi connectivity index (χ0n) is 9.31. The summed E-state index contributed by atoms with van der Waals surface area (Å²) in [5.41, 5.74) is 9.97. The third-order valence-electron chi connectivity index (χ3n) is 3.30. The van der Waals surface area contributed by atoms with Gasteiger partial charge >= 0.3 is 0 Å². The van der Waals surface area contributed by atoms with Crippen molar-refractivity contribution in [2.24, 2.45) is 5.73 Å². The summed E-state index contributed by atoms with van der Waals surface area (Å²) in [6, 6.07) is 12.6. The highest BCUT2D eigenvalue weighted by atomic mass is 32.1. The average Bonchev–Trinajstić information content (AvgIpc) is 2.96. The van der Waals surface area contributed by atoms with Gasteiger partial charge in [-0.25, -0.2) is 0 Å². The second-order valence-corrected chi connectivity index (χ2v) is 5.38. The minimum atomic E-state index is 0.181. The van der Waals surface area contributed by atoms with Gasteiger partial charge in [-0.2, -0.15) is 5.26 Å². The van der Waals surface area contributed by atoms with E-state index in [1.807, 2.05) is 12.1 Å². The molecule has 1 aliphatic rings. The quantitative estimate of drug-likeness (QED) is 0.832. The third kappa shape index (κ3) is 1.66. The van der Waals surface area contributed by atoms with Gasteiger partial charge in [-0.15, -0.1) is 11.3 Å². The fourth-order valence-corrected chi connectivity index (χ4v) is 3.32. The Morgan fingerprint density at radius 1 is 1.29 bits per heavy atom.